The third-order valence-electron chi connectivity index (χ3n) is 3.61. The zero-order chi connectivity index (χ0) is 13.1. The Morgan fingerprint density at radius 2 is 2.22 bits per heavy atom. The van der Waals surface area contributed by atoms with Crippen LogP contribution in [0, 0.1) is 0 Å². The summed E-state index contributed by atoms with van der Waals surface area (Å²) in [5, 5.41) is 0. The molecule has 2 rings (SSSR count). The molecule has 1 aromatic rings. The monoisotopic (exact) mass is 247 g/mol. The highest BCUT2D eigenvalue weighted by atomic mass is 16.2. The minimum atomic E-state index is 0.0939. The molecule has 0 radical (unpaired) electrons. The van der Waals surface area contributed by atoms with Gasteiger partial charge in [0.2, 0.25) is 5.91 Å². The van der Waals surface area contributed by atoms with Crippen molar-refractivity contribution in [2.75, 3.05) is 31.6 Å². The first-order valence-electron chi connectivity index (χ1n) is 6.47. The first-order valence-corrected chi connectivity index (χ1v) is 6.47. The first kappa shape index (κ1) is 12.9. The lowest BCUT2D eigenvalue weighted by Crippen LogP contribution is -2.42. The molecule has 18 heavy (non-hydrogen) atoms. The molecule has 0 aromatic heterocycles. The molecule has 0 aliphatic carbocycles. The van der Waals surface area contributed by atoms with Crippen LogP contribution >= 0.6 is 0 Å². The highest BCUT2D eigenvalue weighted by Gasteiger charge is 2.24. The molecule has 0 saturated carbocycles. The minimum absolute atomic E-state index is 0.0939. The van der Waals surface area contributed by atoms with E-state index in [4.69, 9.17) is 5.73 Å². The molecule has 1 aromatic carbocycles. The third kappa shape index (κ3) is 2.48. The van der Waals surface area contributed by atoms with E-state index in [1.165, 1.54) is 0 Å². The quantitative estimate of drug-likeness (QED) is 0.877. The molecule has 1 aliphatic rings. The zero-order valence-electron chi connectivity index (χ0n) is 11.1. The van der Waals surface area contributed by atoms with Crippen molar-refractivity contribution < 1.29 is 4.79 Å². The molecule has 1 aliphatic heterocycles. The number of fused-ring (bicyclic) bond motifs is 1. The second kappa shape index (κ2) is 5.40. The first-order chi connectivity index (χ1) is 8.63. The van der Waals surface area contributed by atoms with Gasteiger partial charge < -0.3 is 15.5 Å². The van der Waals surface area contributed by atoms with Gasteiger partial charge in [0.05, 0.1) is 6.54 Å². The largest absolute Gasteiger partial charge is 0.362 e. The fourth-order valence-electron chi connectivity index (χ4n) is 2.28. The van der Waals surface area contributed by atoms with E-state index in [1.807, 2.05) is 32.2 Å². The van der Waals surface area contributed by atoms with E-state index in [1.54, 1.807) is 4.90 Å². The Morgan fingerprint density at radius 3 is 2.94 bits per heavy atom. The van der Waals surface area contributed by atoms with Gasteiger partial charge in [-0.1, -0.05) is 18.2 Å². The molecular weight excluding hydrogens is 226 g/mol. The summed E-state index contributed by atoms with van der Waals surface area (Å²) in [6.07, 6.45) is 0.903. The van der Waals surface area contributed by atoms with Crippen LogP contribution in [-0.2, 0) is 4.79 Å². The molecule has 1 amide bonds. The predicted molar refractivity (Wildman–Crippen MR) is 73.5 cm³/mol. The van der Waals surface area contributed by atoms with Crippen molar-refractivity contribution in [2.24, 2.45) is 5.73 Å². The molecule has 4 nitrogen and oxygen atoms in total. The van der Waals surface area contributed by atoms with Crippen LogP contribution in [0.5, 0.6) is 0 Å². The molecular formula is C14H21N3O. The second-order valence-corrected chi connectivity index (χ2v) is 4.78. The van der Waals surface area contributed by atoms with Crippen molar-refractivity contribution in [2.45, 2.75) is 19.4 Å². The lowest BCUT2D eigenvalue weighted by atomic mass is 9.97. The van der Waals surface area contributed by atoms with Gasteiger partial charge in [-0.15, -0.1) is 0 Å². The number of nitrogens with zero attached hydrogens (tertiary/aromatic N) is 2. The maximum atomic E-state index is 12.0. The topological polar surface area (TPSA) is 49.6 Å². The Hall–Kier alpha value is -1.55. The number of likely N-dealkylation sites (N-methyl/N-ethyl adjacent to an activating group) is 1. The van der Waals surface area contributed by atoms with Gasteiger partial charge in [-0.3, -0.25) is 4.79 Å². The van der Waals surface area contributed by atoms with Crippen LogP contribution in [0.3, 0.4) is 0 Å². The number of para-hydroxylation sites is 1. The van der Waals surface area contributed by atoms with Crippen LogP contribution in [0.2, 0.25) is 0 Å². The lowest BCUT2D eigenvalue weighted by Gasteiger charge is -2.34. The molecule has 0 spiro atoms. The van der Waals surface area contributed by atoms with Gasteiger partial charge in [-0.25, -0.2) is 0 Å². The second-order valence-electron chi connectivity index (χ2n) is 4.78. The maximum Gasteiger partial charge on any atom is 0.241 e. The van der Waals surface area contributed by atoms with Gasteiger partial charge in [-0.2, -0.15) is 0 Å². The van der Waals surface area contributed by atoms with Gasteiger partial charge in [0.25, 0.3) is 0 Å². The fraction of sp³-hybridized carbons (Fsp3) is 0.500. The maximum absolute atomic E-state index is 12.0. The van der Waals surface area contributed by atoms with Crippen LogP contribution in [-0.4, -0.2) is 37.5 Å². The van der Waals surface area contributed by atoms with Gasteiger partial charge in [-0.05, 0) is 25.0 Å². The van der Waals surface area contributed by atoms with E-state index in [0.29, 0.717) is 6.54 Å². The van der Waals surface area contributed by atoms with E-state index < -0.39 is 0 Å². The number of nitrogens with two attached hydrogens (primary N) is 1. The molecule has 0 bridgehead atoms. The van der Waals surface area contributed by atoms with E-state index >= 15 is 0 Å². The van der Waals surface area contributed by atoms with E-state index in [0.717, 1.165) is 30.8 Å². The fourth-order valence-corrected chi connectivity index (χ4v) is 2.28. The van der Waals surface area contributed by atoms with Crippen molar-refractivity contribution >= 4 is 11.6 Å². The number of anilines is 1. The summed E-state index contributed by atoms with van der Waals surface area (Å²) in [7, 11) is 1.84. The number of benzene rings is 1. The van der Waals surface area contributed by atoms with Crippen LogP contribution in [0.15, 0.2) is 24.3 Å². The van der Waals surface area contributed by atoms with E-state index in [-0.39, 0.29) is 11.9 Å². The summed E-state index contributed by atoms with van der Waals surface area (Å²) >= 11 is 0. The molecule has 2 N–H and O–H groups in total. The molecule has 4 heteroatoms. The summed E-state index contributed by atoms with van der Waals surface area (Å²) in [4.78, 5) is 15.9. The normalized spacial score (nSPS) is 18.4. The van der Waals surface area contributed by atoms with Crippen molar-refractivity contribution in [3.05, 3.63) is 29.8 Å². The molecule has 0 fully saturated rings. The van der Waals surface area contributed by atoms with E-state index in [9.17, 15) is 4.79 Å². The lowest BCUT2D eigenvalue weighted by molar-refractivity contribution is -0.128. The molecule has 1 unspecified atom stereocenters. The third-order valence-corrected chi connectivity index (χ3v) is 3.61. The summed E-state index contributed by atoms with van der Waals surface area (Å²) < 4.78 is 0. The smallest absolute Gasteiger partial charge is 0.241 e. The molecule has 1 heterocycles. The zero-order valence-corrected chi connectivity index (χ0v) is 11.1. The summed E-state index contributed by atoms with van der Waals surface area (Å²) in [6.45, 7) is 4.02. The van der Waals surface area contributed by atoms with Crippen molar-refractivity contribution in [3.63, 3.8) is 0 Å². The predicted octanol–water partition coefficient (Wildman–Crippen LogP) is 1.37. The van der Waals surface area contributed by atoms with Gasteiger partial charge >= 0.3 is 0 Å². The average molecular weight is 247 g/mol. The average Bonchev–Trinajstić information content (AvgIpc) is 2.41. The Kier molecular flexibility index (Phi) is 3.87. The highest BCUT2D eigenvalue weighted by Crippen LogP contribution is 2.31. The van der Waals surface area contributed by atoms with Crippen molar-refractivity contribution in [3.8, 4) is 0 Å². The molecule has 98 valence electrons. The Bertz CT molecular complexity index is 433. The minimum Gasteiger partial charge on any atom is -0.362 e. The molecule has 1 atom stereocenters. The number of amides is 1. The van der Waals surface area contributed by atoms with Gasteiger partial charge in [0.1, 0.15) is 0 Å². The number of hydrogen-bond acceptors (Lipinski definition) is 3. The highest BCUT2D eigenvalue weighted by molar-refractivity contribution is 5.81. The summed E-state index contributed by atoms with van der Waals surface area (Å²) in [5.74, 6) is 0.155. The number of rotatable bonds is 3. The summed E-state index contributed by atoms with van der Waals surface area (Å²) in [6, 6.07) is 8.20. The Balaban J connectivity index is 2.16. The number of carbonyl (C=O) groups excluding carboxylic acids is 1. The number of carbonyl (C=O) groups is 1. The van der Waals surface area contributed by atoms with Gasteiger partial charge in [0.15, 0.2) is 0 Å². The molecule has 0 saturated heterocycles. The van der Waals surface area contributed by atoms with Crippen LogP contribution < -0.4 is 10.6 Å². The van der Waals surface area contributed by atoms with Crippen molar-refractivity contribution in [1.29, 1.82) is 0 Å². The Morgan fingerprint density at radius 1 is 1.50 bits per heavy atom. The van der Waals surface area contributed by atoms with Crippen LogP contribution in [0.25, 0.3) is 0 Å². The SMILES string of the molecule is CCN(C)C(=O)CN1CCC(N)c2ccccc21. The standard InChI is InChI=1S/C14H21N3O/c1-3-16(2)14(18)10-17-9-8-12(15)11-6-4-5-7-13(11)17/h4-7,12H,3,8-10,15H2,1-2H3. The van der Waals surface area contributed by atoms with E-state index in [2.05, 4.69) is 11.0 Å². The summed E-state index contributed by atoms with van der Waals surface area (Å²) in [5.41, 5.74) is 8.36. The van der Waals surface area contributed by atoms with Crippen LogP contribution in [0.1, 0.15) is 24.9 Å². The van der Waals surface area contributed by atoms with Gasteiger partial charge in [0, 0.05) is 31.9 Å². The van der Waals surface area contributed by atoms with Crippen LogP contribution in [0.4, 0.5) is 5.69 Å². The number of hydrogen-bond donors (Lipinski definition) is 1. The van der Waals surface area contributed by atoms with Crippen molar-refractivity contribution in [1.82, 2.24) is 4.90 Å². The Labute approximate surface area is 108 Å².